The van der Waals surface area contributed by atoms with Crippen LogP contribution in [0.25, 0.3) is 10.8 Å². The molecule has 0 aliphatic carbocycles. The lowest BCUT2D eigenvalue weighted by Gasteiger charge is -2.09. The Hall–Kier alpha value is -2.89. The maximum Gasteiger partial charge on any atom is 0.323 e. The van der Waals surface area contributed by atoms with E-state index in [-0.39, 0.29) is 12.0 Å². The SMILES string of the molecule is CCOc1nc(N)nc(Nc2cccc3ccccc23)n1. The Morgan fingerprint density at radius 3 is 2.71 bits per heavy atom. The topological polar surface area (TPSA) is 86.0 Å². The molecule has 0 radical (unpaired) electrons. The summed E-state index contributed by atoms with van der Waals surface area (Å²) in [6.45, 7) is 2.33. The summed E-state index contributed by atoms with van der Waals surface area (Å²) in [5, 5.41) is 5.38. The molecule has 1 aromatic heterocycles. The van der Waals surface area contributed by atoms with Crippen molar-refractivity contribution in [2.75, 3.05) is 17.7 Å². The highest BCUT2D eigenvalue weighted by Gasteiger charge is 2.07. The molecular formula is C15H15N5O. The van der Waals surface area contributed by atoms with Gasteiger partial charge in [0.1, 0.15) is 0 Å². The number of nitrogens with one attached hydrogen (secondary N) is 1. The summed E-state index contributed by atoms with van der Waals surface area (Å²) in [5.41, 5.74) is 6.58. The largest absolute Gasteiger partial charge is 0.464 e. The van der Waals surface area contributed by atoms with Gasteiger partial charge in [0.05, 0.1) is 6.61 Å². The number of hydrogen-bond donors (Lipinski definition) is 2. The van der Waals surface area contributed by atoms with Gasteiger partial charge in [-0.3, -0.25) is 0 Å². The second-order valence-corrected chi connectivity index (χ2v) is 4.38. The van der Waals surface area contributed by atoms with E-state index in [9.17, 15) is 0 Å². The minimum absolute atomic E-state index is 0.121. The number of nitrogens with two attached hydrogens (primary N) is 1. The van der Waals surface area contributed by atoms with E-state index in [1.54, 1.807) is 0 Å². The molecule has 6 heteroatoms. The van der Waals surface area contributed by atoms with E-state index in [0.29, 0.717) is 12.6 Å². The third-order valence-electron chi connectivity index (χ3n) is 2.94. The first kappa shape index (κ1) is 13.1. The highest BCUT2D eigenvalue weighted by atomic mass is 16.5. The van der Waals surface area contributed by atoms with Gasteiger partial charge in [-0.15, -0.1) is 0 Å². The van der Waals surface area contributed by atoms with Gasteiger partial charge in [-0.25, -0.2) is 0 Å². The Labute approximate surface area is 122 Å². The zero-order valence-electron chi connectivity index (χ0n) is 11.6. The van der Waals surface area contributed by atoms with Crippen molar-refractivity contribution in [3.05, 3.63) is 42.5 Å². The van der Waals surface area contributed by atoms with E-state index in [1.165, 1.54) is 0 Å². The number of fused-ring (bicyclic) bond motifs is 1. The molecule has 6 nitrogen and oxygen atoms in total. The molecule has 3 aromatic rings. The molecule has 2 aromatic carbocycles. The van der Waals surface area contributed by atoms with Crippen LogP contribution in [-0.4, -0.2) is 21.6 Å². The van der Waals surface area contributed by atoms with Crippen LogP contribution in [0.4, 0.5) is 17.6 Å². The summed E-state index contributed by atoms with van der Waals surface area (Å²) in [6, 6.07) is 14.3. The number of ether oxygens (including phenoxy) is 1. The first-order valence-electron chi connectivity index (χ1n) is 6.65. The number of anilines is 3. The molecule has 21 heavy (non-hydrogen) atoms. The average molecular weight is 281 g/mol. The van der Waals surface area contributed by atoms with Gasteiger partial charge < -0.3 is 15.8 Å². The molecular weight excluding hydrogens is 266 g/mol. The molecule has 0 unspecified atom stereocenters. The van der Waals surface area contributed by atoms with E-state index >= 15 is 0 Å². The highest BCUT2D eigenvalue weighted by molar-refractivity contribution is 5.94. The van der Waals surface area contributed by atoms with Crippen LogP contribution in [0, 0.1) is 0 Å². The van der Waals surface area contributed by atoms with Crippen LogP contribution in [0.1, 0.15) is 6.92 Å². The summed E-state index contributed by atoms with van der Waals surface area (Å²) in [7, 11) is 0. The van der Waals surface area contributed by atoms with Gasteiger partial charge >= 0.3 is 6.01 Å². The van der Waals surface area contributed by atoms with Gasteiger partial charge in [-0.2, -0.15) is 15.0 Å². The average Bonchev–Trinajstić information content (AvgIpc) is 2.47. The number of hydrogen-bond acceptors (Lipinski definition) is 6. The molecule has 0 amide bonds. The molecule has 0 spiro atoms. The van der Waals surface area contributed by atoms with E-state index in [1.807, 2.05) is 49.4 Å². The van der Waals surface area contributed by atoms with E-state index in [0.717, 1.165) is 16.5 Å². The van der Waals surface area contributed by atoms with Gasteiger partial charge in [-0.05, 0) is 18.4 Å². The van der Waals surface area contributed by atoms with Gasteiger partial charge in [0.25, 0.3) is 0 Å². The lowest BCUT2D eigenvalue weighted by atomic mass is 10.1. The normalized spacial score (nSPS) is 10.5. The van der Waals surface area contributed by atoms with Crippen LogP contribution >= 0.6 is 0 Å². The summed E-state index contributed by atoms with van der Waals surface area (Å²) in [4.78, 5) is 12.2. The van der Waals surface area contributed by atoms with Gasteiger partial charge in [0, 0.05) is 11.1 Å². The van der Waals surface area contributed by atoms with Crippen LogP contribution in [0.2, 0.25) is 0 Å². The van der Waals surface area contributed by atoms with Gasteiger partial charge in [-0.1, -0.05) is 36.4 Å². The maximum absolute atomic E-state index is 5.67. The van der Waals surface area contributed by atoms with Crippen LogP contribution in [0.5, 0.6) is 6.01 Å². The van der Waals surface area contributed by atoms with Crippen molar-refractivity contribution >= 4 is 28.4 Å². The lowest BCUT2D eigenvalue weighted by Crippen LogP contribution is -2.06. The van der Waals surface area contributed by atoms with Crippen molar-refractivity contribution in [3.8, 4) is 6.01 Å². The summed E-state index contributed by atoms with van der Waals surface area (Å²) in [6.07, 6.45) is 0. The number of benzene rings is 2. The zero-order chi connectivity index (χ0) is 14.7. The number of nitrogens with zero attached hydrogens (tertiary/aromatic N) is 3. The Kier molecular flexibility index (Phi) is 3.51. The Morgan fingerprint density at radius 2 is 1.86 bits per heavy atom. The smallest absolute Gasteiger partial charge is 0.323 e. The molecule has 1 heterocycles. The molecule has 0 aliphatic heterocycles. The lowest BCUT2D eigenvalue weighted by molar-refractivity contribution is 0.312. The fourth-order valence-corrected chi connectivity index (χ4v) is 2.08. The number of rotatable bonds is 4. The van der Waals surface area contributed by atoms with Crippen molar-refractivity contribution in [3.63, 3.8) is 0 Å². The standard InChI is InChI=1S/C15H15N5O/c1-2-21-15-19-13(16)18-14(20-15)17-12-9-5-7-10-6-3-4-8-11(10)12/h3-9H,2H2,1H3,(H3,16,17,18,19,20). The van der Waals surface area contributed by atoms with Crippen LogP contribution < -0.4 is 15.8 Å². The molecule has 0 atom stereocenters. The summed E-state index contributed by atoms with van der Waals surface area (Å²) >= 11 is 0. The molecule has 106 valence electrons. The van der Waals surface area contributed by atoms with Crippen molar-refractivity contribution in [1.82, 2.24) is 15.0 Å². The van der Waals surface area contributed by atoms with Crippen molar-refractivity contribution in [1.29, 1.82) is 0 Å². The molecule has 0 fully saturated rings. The second-order valence-electron chi connectivity index (χ2n) is 4.38. The minimum Gasteiger partial charge on any atom is -0.464 e. The first-order valence-corrected chi connectivity index (χ1v) is 6.65. The van der Waals surface area contributed by atoms with Crippen molar-refractivity contribution in [2.45, 2.75) is 6.92 Å². The fourth-order valence-electron chi connectivity index (χ4n) is 2.08. The highest BCUT2D eigenvalue weighted by Crippen LogP contribution is 2.25. The molecule has 0 aliphatic rings. The van der Waals surface area contributed by atoms with Crippen LogP contribution in [-0.2, 0) is 0 Å². The molecule has 3 N–H and O–H groups in total. The second kappa shape index (κ2) is 5.62. The molecule has 0 saturated carbocycles. The molecule has 3 rings (SSSR count). The number of nitrogen functional groups attached to an aromatic ring is 1. The molecule has 0 bridgehead atoms. The predicted molar refractivity (Wildman–Crippen MR) is 82.6 cm³/mol. The Morgan fingerprint density at radius 1 is 1.05 bits per heavy atom. The Balaban J connectivity index is 1.98. The molecule has 0 saturated heterocycles. The minimum atomic E-state index is 0.121. The van der Waals surface area contributed by atoms with E-state index < -0.39 is 0 Å². The summed E-state index contributed by atoms with van der Waals surface area (Å²) < 4.78 is 5.27. The van der Waals surface area contributed by atoms with Crippen LogP contribution in [0.3, 0.4) is 0 Å². The third-order valence-corrected chi connectivity index (χ3v) is 2.94. The Bertz CT molecular complexity index is 770. The first-order chi connectivity index (χ1) is 10.3. The third kappa shape index (κ3) is 2.84. The predicted octanol–water partition coefficient (Wildman–Crippen LogP) is 2.75. The zero-order valence-corrected chi connectivity index (χ0v) is 11.6. The van der Waals surface area contributed by atoms with Crippen molar-refractivity contribution < 1.29 is 4.74 Å². The number of aromatic nitrogens is 3. The van der Waals surface area contributed by atoms with Gasteiger partial charge in [0.15, 0.2) is 0 Å². The maximum atomic E-state index is 5.67. The van der Waals surface area contributed by atoms with Gasteiger partial charge in [0.2, 0.25) is 11.9 Å². The van der Waals surface area contributed by atoms with E-state index in [4.69, 9.17) is 10.5 Å². The quantitative estimate of drug-likeness (QED) is 0.764. The van der Waals surface area contributed by atoms with Crippen LogP contribution in [0.15, 0.2) is 42.5 Å². The monoisotopic (exact) mass is 281 g/mol. The summed E-state index contributed by atoms with van der Waals surface area (Å²) in [5.74, 6) is 0.485. The van der Waals surface area contributed by atoms with Crippen molar-refractivity contribution in [2.24, 2.45) is 0 Å². The fraction of sp³-hybridized carbons (Fsp3) is 0.133. The van der Waals surface area contributed by atoms with E-state index in [2.05, 4.69) is 20.3 Å².